The maximum Gasteiger partial charge on any atom is 0.402 e. The van der Waals surface area contributed by atoms with Gasteiger partial charge in [-0.15, -0.1) is 0 Å². The molecule has 0 saturated heterocycles. The lowest BCUT2D eigenvalue weighted by molar-refractivity contribution is -0.328. The molecule has 0 nitrogen and oxygen atoms in total. The lowest BCUT2D eigenvalue weighted by Crippen LogP contribution is -2.44. The fourth-order valence-electron chi connectivity index (χ4n) is 5.11. The second-order valence-electron chi connectivity index (χ2n) is 18.1. The van der Waals surface area contributed by atoms with Crippen LogP contribution in [0.5, 0.6) is 0 Å². The average Bonchev–Trinajstić information content (AvgIpc) is 3.83. The lowest BCUT2D eigenvalue weighted by Gasteiger charge is -2.29. The van der Waals surface area contributed by atoms with E-state index >= 15 is 0 Å². The summed E-state index contributed by atoms with van der Waals surface area (Å²) in [6.45, 7) is 25.9. The summed E-state index contributed by atoms with van der Waals surface area (Å²) < 4.78 is 139. The smallest absolute Gasteiger partial charge is 0.170 e. The van der Waals surface area contributed by atoms with Crippen LogP contribution in [-0.4, -0.2) is 24.7 Å². The highest BCUT2D eigenvalue weighted by molar-refractivity contribution is 5.00. The van der Waals surface area contributed by atoms with E-state index in [-0.39, 0.29) is 27.7 Å². The molecular formula is C46H76F12. The molecule has 3 aliphatic rings. The Hall–Kier alpha value is -2.40. The van der Waals surface area contributed by atoms with Crippen LogP contribution in [0.3, 0.4) is 0 Å². The van der Waals surface area contributed by atoms with E-state index in [1.54, 1.807) is 38.5 Å². The molecular weight excluding hydrogens is 780 g/mol. The zero-order chi connectivity index (χ0) is 47.0. The molecule has 0 spiro atoms. The first-order chi connectivity index (χ1) is 25.9. The number of hydrogen-bond acceptors (Lipinski definition) is 0. The first kappa shape index (κ1) is 62.3. The number of alkyl halides is 12. The Morgan fingerprint density at radius 1 is 0.310 bits per heavy atom. The van der Waals surface area contributed by atoms with Crippen LogP contribution in [0, 0.1) is 45.3 Å². The molecule has 2 aromatic rings. The lowest BCUT2D eigenvalue weighted by atomic mass is 9.82. The van der Waals surface area contributed by atoms with Crippen LogP contribution in [-0.2, 0) is 0 Å². The summed E-state index contributed by atoms with van der Waals surface area (Å²) in [5.74, 6) is 4.80. The maximum absolute atomic E-state index is 11.6. The normalized spacial score (nSPS) is 19.7. The van der Waals surface area contributed by atoms with Crippen LogP contribution in [0.25, 0.3) is 0 Å². The Balaban J connectivity index is -0.000000295. The summed E-state index contributed by atoms with van der Waals surface area (Å²) >= 11 is 0. The van der Waals surface area contributed by atoms with E-state index in [2.05, 4.69) is 55.4 Å². The van der Waals surface area contributed by atoms with Gasteiger partial charge in [-0.3, -0.25) is 0 Å². The quantitative estimate of drug-likeness (QED) is 0.232. The third-order valence-electron chi connectivity index (χ3n) is 8.52. The van der Waals surface area contributed by atoms with Crippen molar-refractivity contribution in [3.05, 3.63) is 72.8 Å². The Labute approximate surface area is 344 Å². The molecule has 344 valence electrons. The topological polar surface area (TPSA) is 0 Å². The van der Waals surface area contributed by atoms with Gasteiger partial charge in [-0.1, -0.05) is 162 Å². The van der Waals surface area contributed by atoms with Gasteiger partial charge in [0.05, 0.1) is 0 Å². The van der Waals surface area contributed by atoms with Crippen molar-refractivity contribution in [2.24, 2.45) is 45.3 Å². The van der Waals surface area contributed by atoms with Gasteiger partial charge in [0, 0.05) is 0 Å². The van der Waals surface area contributed by atoms with Gasteiger partial charge < -0.3 is 0 Å². The Morgan fingerprint density at radius 2 is 0.466 bits per heavy atom. The Bertz CT molecular complexity index is 1020. The van der Waals surface area contributed by atoms with Crippen molar-refractivity contribution in [1.82, 2.24) is 0 Å². The number of benzene rings is 2. The zero-order valence-corrected chi connectivity index (χ0v) is 38.0. The first-order valence-electron chi connectivity index (χ1n) is 20.2. The van der Waals surface area contributed by atoms with E-state index < -0.39 is 35.5 Å². The second kappa shape index (κ2) is 27.4. The van der Waals surface area contributed by atoms with E-state index in [1.807, 2.05) is 100 Å². The van der Waals surface area contributed by atoms with Gasteiger partial charge in [0.15, 0.2) is 10.8 Å². The molecule has 0 aromatic heterocycles. The molecule has 12 heteroatoms. The molecule has 0 amide bonds. The average molecular weight is 857 g/mol. The summed E-state index contributed by atoms with van der Waals surface area (Å²) in [6.07, 6.45) is -11.4. The van der Waals surface area contributed by atoms with E-state index in [0.717, 1.165) is 0 Å². The zero-order valence-electron chi connectivity index (χ0n) is 38.0. The minimum atomic E-state index is -5.24. The van der Waals surface area contributed by atoms with Crippen molar-refractivity contribution in [1.29, 1.82) is 0 Å². The Kier molecular flexibility index (Phi) is 29.5. The molecule has 0 aliphatic heterocycles. The van der Waals surface area contributed by atoms with Crippen LogP contribution in [0.15, 0.2) is 72.8 Å². The number of hydrogen-bond donors (Lipinski definition) is 0. The van der Waals surface area contributed by atoms with Crippen molar-refractivity contribution >= 4 is 0 Å². The number of rotatable bonds is 0. The molecule has 0 N–H and O–H groups in total. The van der Waals surface area contributed by atoms with Crippen LogP contribution in [0.1, 0.15) is 149 Å². The van der Waals surface area contributed by atoms with Crippen molar-refractivity contribution in [3.63, 3.8) is 0 Å². The summed E-state index contributed by atoms with van der Waals surface area (Å²) in [5, 5.41) is 0. The maximum atomic E-state index is 11.6. The largest absolute Gasteiger partial charge is 0.402 e. The molecule has 4 unspecified atom stereocenters. The van der Waals surface area contributed by atoms with Gasteiger partial charge in [0.1, 0.15) is 0 Å². The van der Waals surface area contributed by atoms with Gasteiger partial charge in [0.25, 0.3) is 0 Å². The SMILES string of the molecule is C1CC2C3CCC(C3)C2C1.CC.CC.CC(C)(C(F)(F)F)C(F)(F)F.CC(C)(C(F)(F)F)C(F)(F)F.CC(C)(C)C.CC(C)(C)C.c1ccccc1.c1ccccc1. The van der Waals surface area contributed by atoms with Crippen LogP contribution in [0.4, 0.5) is 52.7 Å². The van der Waals surface area contributed by atoms with Crippen LogP contribution in [0.2, 0.25) is 0 Å². The summed E-state index contributed by atoms with van der Waals surface area (Å²) in [7, 11) is 0. The second-order valence-corrected chi connectivity index (χ2v) is 18.1. The van der Waals surface area contributed by atoms with E-state index in [9.17, 15) is 52.7 Å². The van der Waals surface area contributed by atoms with Crippen LogP contribution >= 0.6 is 0 Å². The molecule has 0 radical (unpaired) electrons. The van der Waals surface area contributed by atoms with E-state index in [4.69, 9.17) is 0 Å². The minimum Gasteiger partial charge on any atom is -0.170 e. The highest BCUT2D eigenvalue weighted by Gasteiger charge is 2.65. The highest BCUT2D eigenvalue weighted by Crippen LogP contribution is 2.58. The predicted octanol–water partition coefficient (Wildman–Crippen LogP) is 18.6. The minimum absolute atomic E-state index is 0.104. The third kappa shape index (κ3) is 28.1. The van der Waals surface area contributed by atoms with Gasteiger partial charge >= 0.3 is 24.7 Å². The van der Waals surface area contributed by atoms with Crippen molar-refractivity contribution in [2.45, 2.75) is 174 Å². The van der Waals surface area contributed by atoms with E-state index in [1.165, 1.54) is 23.7 Å². The molecule has 4 atom stereocenters. The summed E-state index contributed by atoms with van der Waals surface area (Å²) in [4.78, 5) is 0. The molecule has 3 aliphatic carbocycles. The van der Waals surface area contributed by atoms with Crippen molar-refractivity contribution in [3.8, 4) is 0 Å². The fraction of sp³-hybridized carbons (Fsp3) is 0.739. The third-order valence-corrected chi connectivity index (χ3v) is 8.52. The van der Waals surface area contributed by atoms with Gasteiger partial charge in [0.2, 0.25) is 0 Å². The number of fused-ring (bicyclic) bond motifs is 5. The summed E-state index contributed by atoms with van der Waals surface area (Å²) in [5.41, 5.74) is -6.25. The van der Waals surface area contributed by atoms with Gasteiger partial charge in [-0.2, -0.15) is 52.7 Å². The van der Waals surface area contributed by atoms with Gasteiger partial charge in [-0.25, -0.2) is 0 Å². The highest BCUT2D eigenvalue weighted by atomic mass is 19.4. The molecule has 3 saturated carbocycles. The van der Waals surface area contributed by atoms with E-state index in [0.29, 0.717) is 10.8 Å². The molecule has 5 rings (SSSR count). The Morgan fingerprint density at radius 3 is 0.586 bits per heavy atom. The molecule has 0 heterocycles. The molecule has 58 heavy (non-hydrogen) atoms. The predicted molar refractivity (Wildman–Crippen MR) is 219 cm³/mol. The molecule has 2 bridgehead atoms. The molecule has 2 aromatic carbocycles. The van der Waals surface area contributed by atoms with Crippen molar-refractivity contribution in [2.75, 3.05) is 0 Å². The number of halogens is 12. The monoisotopic (exact) mass is 857 g/mol. The van der Waals surface area contributed by atoms with Crippen molar-refractivity contribution < 1.29 is 52.7 Å². The van der Waals surface area contributed by atoms with Crippen LogP contribution < -0.4 is 0 Å². The van der Waals surface area contributed by atoms with Gasteiger partial charge in [-0.05, 0) is 94.3 Å². The standard InChI is InChI=1S/C10H16.2C6H6.2C5H6F6.2C5H12.2C2H6/c1-2-9-7-4-5-8(6-7)10(9)3-1;2*1-2-4-6-5-3-1;2*1-3(2,4(6,7)8)5(9,10)11;2*1-5(2,3)4;2*1-2/h7-10H,1-6H2;2*1-6H;2*1-2H3;2*1-4H3;2*1-2H3. The first-order valence-corrected chi connectivity index (χ1v) is 20.2. The fourth-order valence-corrected chi connectivity index (χ4v) is 5.11. The molecule has 3 fully saturated rings. The summed E-state index contributed by atoms with van der Waals surface area (Å²) in [6, 6.07) is 24.0.